The Labute approximate surface area is 134 Å². The van der Waals surface area contributed by atoms with E-state index in [1.54, 1.807) is 19.1 Å². The van der Waals surface area contributed by atoms with Crippen molar-refractivity contribution < 1.29 is 14.7 Å². The second kappa shape index (κ2) is 6.01. The van der Waals surface area contributed by atoms with Crippen LogP contribution in [0, 0.1) is 6.92 Å². The Bertz CT molecular complexity index is 730. The number of hydrogen-bond donors (Lipinski definition) is 1. The molecule has 0 aliphatic rings. The number of carbonyl (C=O) groups excluding carboxylic acids is 1. The molecule has 0 fully saturated rings. The number of aryl methyl sites for hydroxylation is 1. The normalized spacial score (nSPS) is 10.5. The maximum atomic E-state index is 12.5. The summed E-state index contributed by atoms with van der Waals surface area (Å²) in [6, 6.07) is 4.70. The number of benzene rings is 1. The van der Waals surface area contributed by atoms with Crippen LogP contribution in [-0.2, 0) is 0 Å². The van der Waals surface area contributed by atoms with Crippen molar-refractivity contribution in [1.29, 1.82) is 0 Å². The summed E-state index contributed by atoms with van der Waals surface area (Å²) in [5, 5.41) is 9.86. The second-order valence-corrected chi connectivity index (χ2v) is 5.76. The molecule has 2 aromatic rings. The van der Waals surface area contributed by atoms with Crippen LogP contribution < -0.4 is 4.90 Å². The number of carbonyl (C=O) groups is 2. The zero-order valence-electron chi connectivity index (χ0n) is 11.1. The van der Waals surface area contributed by atoms with Gasteiger partial charge < -0.3 is 10.0 Å². The zero-order chi connectivity index (χ0) is 15.7. The molecule has 0 unspecified atom stereocenters. The minimum atomic E-state index is -1.13. The molecule has 0 aliphatic carbocycles. The van der Waals surface area contributed by atoms with E-state index in [-0.39, 0.29) is 26.2 Å². The fourth-order valence-electron chi connectivity index (χ4n) is 1.77. The quantitative estimate of drug-likeness (QED) is 0.920. The van der Waals surface area contributed by atoms with E-state index in [2.05, 4.69) is 4.37 Å². The first-order valence-electron chi connectivity index (χ1n) is 5.76. The lowest BCUT2D eigenvalue weighted by molar-refractivity contribution is 0.0697. The van der Waals surface area contributed by atoms with Gasteiger partial charge in [0.15, 0.2) is 0 Å². The van der Waals surface area contributed by atoms with Crippen LogP contribution in [-0.4, -0.2) is 28.4 Å². The third kappa shape index (κ3) is 2.88. The number of nitrogens with zero attached hydrogens (tertiary/aromatic N) is 2. The molecule has 8 heteroatoms. The van der Waals surface area contributed by atoms with Crippen LogP contribution in [0.15, 0.2) is 18.2 Å². The van der Waals surface area contributed by atoms with Gasteiger partial charge in [-0.15, -0.1) is 0 Å². The maximum absolute atomic E-state index is 12.5. The molecule has 1 aromatic carbocycles. The first-order valence-corrected chi connectivity index (χ1v) is 7.29. The molecule has 1 amide bonds. The average Bonchev–Trinajstić information content (AvgIpc) is 2.82. The Kier molecular flexibility index (Phi) is 4.51. The highest BCUT2D eigenvalue weighted by atomic mass is 35.5. The standard InChI is InChI=1S/C13H10Cl2N2O3S/c1-6-9(13(19)20)12(21-16-6)17(2)11(18)7-4-3-5-8(14)10(7)15/h3-5H,1-2H3,(H,19,20). The fraction of sp³-hybridized carbons (Fsp3) is 0.154. The predicted molar refractivity (Wildman–Crippen MR) is 83.0 cm³/mol. The monoisotopic (exact) mass is 344 g/mol. The average molecular weight is 345 g/mol. The maximum Gasteiger partial charge on any atom is 0.340 e. The van der Waals surface area contributed by atoms with Gasteiger partial charge >= 0.3 is 5.97 Å². The Balaban J connectivity index is 2.45. The topological polar surface area (TPSA) is 70.5 Å². The smallest absolute Gasteiger partial charge is 0.340 e. The van der Waals surface area contributed by atoms with Crippen LogP contribution in [0.3, 0.4) is 0 Å². The fourth-order valence-corrected chi connectivity index (χ4v) is 3.00. The van der Waals surface area contributed by atoms with Crippen LogP contribution >= 0.6 is 34.7 Å². The van der Waals surface area contributed by atoms with Gasteiger partial charge in [-0.25, -0.2) is 4.79 Å². The number of rotatable bonds is 3. The minimum Gasteiger partial charge on any atom is -0.478 e. The van der Waals surface area contributed by atoms with E-state index < -0.39 is 11.9 Å². The third-order valence-corrected chi connectivity index (χ3v) is 4.68. The number of aromatic carboxylic acids is 1. The zero-order valence-corrected chi connectivity index (χ0v) is 13.4. The first kappa shape index (κ1) is 15.8. The van der Waals surface area contributed by atoms with E-state index in [9.17, 15) is 14.7 Å². The summed E-state index contributed by atoms with van der Waals surface area (Å²) in [6.45, 7) is 1.58. The van der Waals surface area contributed by atoms with Crippen molar-refractivity contribution in [3.05, 3.63) is 45.1 Å². The molecule has 110 valence electrons. The molecule has 0 spiro atoms. The number of carboxylic acids is 1. The lowest BCUT2D eigenvalue weighted by atomic mass is 10.2. The number of carboxylic acid groups (broad SMARTS) is 1. The highest BCUT2D eigenvalue weighted by Gasteiger charge is 2.26. The summed E-state index contributed by atoms with van der Waals surface area (Å²) in [7, 11) is 1.47. The molecule has 2 rings (SSSR count). The molecular formula is C13H10Cl2N2O3S. The molecule has 0 saturated heterocycles. The summed E-state index contributed by atoms with van der Waals surface area (Å²) < 4.78 is 3.98. The van der Waals surface area contributed by atoms with Gasteiger partial charge in [0.25, 0.3) is 5.91 Å². The summed E-state index contributed by atoms with van der Waals surface area (Å²) in [4.78, 5) is 25.0. The molecule has 5 nitrogen and oxygen atoms in total. The van der Waals surface area contributed by atoms with Gasteiger partial charge in [-0.1, -0.05) is 29.3 Å². The Morgan fingerprint density at radius 3 is 2.62 bits per heavy atom. The molecule has 0 atom stereocenters. The first-order chi connectivity index (χ1) is 9.84. The van der Waals surface area contributed by atoms with Crippen molar-refractivity contribution in [3.63, 3.8) is 0 Å². The highest BCUT2D eigenvalue weighted by molar-refractivity contribution is 7.11. The van der Waals surface area contributed by atoms with Gasteiger partial charge in [0.2, 0.25) is 0 Å². The highest BCUT2D eigenvalue weighted by Crippen LogP contribution is 2.31. The molecular weight excluding hydrogens is 335 g/mol. The van der Waals surface area contributed by atoms with Crippen LogP contribution in [0.2, 0.25) is 10.0 Å². The van der Waals surface area contributed by atoms with Crippen LogP contribution in [0.5, 0.6) is 0 Å². The van der Waals surface area contributed by atoms with Gasteiger partial charge in [0, 0.05) is 7.05 Å². The van der Waals surface area contributed by atoms with Crippen molar-refractivity contribution in [2.24, 2.45) is 0 Å². The molecule has 1 N–H and O–H groups in total. The largest absolute Gasteiger partial charge is 0.478 e. The molecule has 0 bridgehead atoms. The van der Waals surface area contributed by atoms with E-state index in [1.165, 1.54) is 18.0 Å². The van der Waals surface area contributed by atoms with Crippen molar-refractivity contribution in [2.45, 2.75) is 6.92 Å². The van der Waals surface area contributed by atoms with Gasteiger partial charge in [0.05, 0.1) is 21.3 Å². The Morgan fingerprint density at radius 1 is 1.33 bits per heavy atom. The number of halogens is 2. The minimum absolute atomic E-state index is 0.00833. The molecule has 1 aromatic heterocycles. The van der Waals surface area contributed by atoms with E-state index in [1.807, 2.05) is 0 Å². The van der Waals surface area contributed by atoms with Crippen molar-refractivity contribution in [2.75, 3.05) is 11.9 Å². The van der Waals surface area contributed by atoms with E-state index in [4.69, 9.17) is 23.2 Å². The third-order valence-electron chi connectivity index (χ3n) is 2.85. The van der Waals surface area contributed by atoms with Gasteiger partial charge in [-0.3, -0.25) is 4.79 Å². The number of anilines is 1. The summed E-state index contributed by atoms with van der Waals surface area (Å²) >= 11 is 12.9. The molecule has 0 aliphatic heterocycles. The number of aromatic nitrogens is 1. The number of amides is 1. The second-order valence-electron chi connectivity index (χ2n) is 4.22. The van der Waals surface area contributed by atoms with Gasteiger partial charge in [-0.2, -0.15) is 4.37 Å². The molecule has 0 saturated carbocycles. The predicted octanol–water partition coefficient (Wildman–Crippen LogP) is 3.73. The lowest BCUT2D eigenvalue weighted by Gasteiger charge is -2.17. The number of hydrogen-bond acceptors (Lipinski definition) is 4. The van der Waals surface area contributed by atoms with Gasteiger partial charge in [0.1, 0.15) is 10.6 Å². The van der Waals surface area contributed by atoms with Crippen molar-refractivity contribution >= 4 is 51.6 Å². The van der Waals surface area contributed by atoms with Crippen molar-refractivity contribution in [1.82, 2.24) is 4.37 Å². The summed E-state index contributed by atoms with van der Waals surface area (Å²) in [6.07, 6.45) is 0. The summed E-state index contributed by atoms with van der Waals surface area (Å²) in [5.41, 5.74) is 0.572. The van der Waals surface area contributed by atoms with Crippen LogP contribution in [0.25, 0.3) is 0 Å². The van der Waals surface area contributed by atoms with E-state index in [0.717, 1.165) is 11.5 Å². The van der Waals surface area contributed by atoms with Gasteiger partial charge in [-0.05, 0) is 30.6 Å². The molecule has 21 heavy (non-hydrogen) atoms. The molecule has 0 radical (unpaired) electrons. The van der Waals surface area contributed by atoms with E-state index in [0.29, 0.717) is 5.69 Å². The SMILES string of the molecule is Cc1nsc(N(C)C(=O)c2cccc(Cl)c2Cl)c1C(=O)O. The van der Waals surface area contributed by atoms with E-state index >= 15 is 0 Å². The summed E-state index contributed by atoms with van der Waals surface area (Å²) in [5.74, 6) is -1.58. The lowest BCUT2D eigenvalue weighted by Crippen LogP contribution is -2.27. The van der Waals surface area contributed by atoms with Crippen molar-refractivity contribution in [3.8, 4) is 0 Å². The molecule has 1 heterocycles. The van der Waals surface area contributed by atoms with Crippen LogP contribution in [0.4, 0.5) is 5.00 Å². The Hall–Kier alpha value is -1.63. The van der Waals surface area contributed by atoms with Crippen LogP contribution in [0.1, 0.15) is 26.4 Å². The Morgan fingerprint density at radius 2 is 2.00 bits per heavy atom.